The van der Waals surface area contributed by atoms with E-state index in [2.05, 4.69) is 5.32 Å². The van der Waals surface area contributed by atoms with Gasteiger partial charge in [-0.1, -0.05) is 26.0 Å². The predicted molar refractivity (Wildman–Crippen MR) is 99.6 cm³/mol. The van der Waals surface area contributed by atoms with E-state index in [9.17, 15) is 19.2 Å². The summed E-state index contributed by atoms with van der Waals surface area (Å²) in [6.07, 6.45) is 1.29. The highest BCUT2D eigenvalue weighted by Crippen LogP contribution is 2.24. The number of hydrogen-bond acceptors (Lipinski definition) is 6. The average molecular weight is 389 g/mol. The van der Waals surface area contributed by atoms with E-state index in [-0.39, 0.29) is 6.61 Å². The lowest BCUT2D eigenvalue weighted by Gasteiger charge is -2.22. The van der Waals surface area contributed by atoms with Crippen LogP contribution in [0.25, 0.3) is 11.1 Å². The number of rotatable bonds is 8. The Hall–Kier alpha value is -3.10. The van der Waals surface area contributed by atoms with Gasteiger partial charge in [0, 0.05) is 6.54 Å². The molecule has 9 heteroatoms. The molecule has 0 bridgehead atoms. The van der Waals surface area contributed by atoms with Gasteiger partial charge in [-0.2, -0.15) is 0 Å². The molecule has 1 N–H and O–H groups in total. The summed E-state index contributed by atoms with van der Waals surface area (Å²) in [5.74, 6) is -1.55. The van der Waals surface area contributed by atoms with Crippen LogP contribution in [-0.2, 0) is 20.9 Å². The van der Waals surface area contributed by atoms with Gasteiger partial charge in [-0.25, -0.2) is 9.59 Å². The minimum Gasteiger partial charge on any atom is -0.464 e. The van der Waals surface area contributed by atoms with E-state index in [4.69, 9.17) is 9.15 Å². The van der Waals surface area contributed by atoms with Gasteiger partial charge < -0.3 is 14.5 Å². The Morgan fingerprint density at radius 1 is 1.18 bits per heavy atom. The Morgan fingerprint density at radius 2 is 1.89 bits per heavy atom. The lowest BCUT2D eigenvalue weighted by Crippen LogP contribution is -2.46. The number of aryl methyl sites for hydroxylation is 1. The van der Waals surface area contributed by atoms with Gasteiger partial charge in [0.2, 0.25) is 0 Å². The topological polar surface area (TPSA) is 111 Å². The fourth-order valence-electron chi connectivity index (χ4n) is 3.36. The van der Waals surface area contributed by atoms with Gasteiger partial charge in [0.15, 0.2) is 5.58 Å². The fourth-order valence-corrected chi connectivity index (χ4v) is 3.36. The van der Waals surface area contributed by atoms with Crippen LogP contribution >= 0.6 is 0 Å². The monoisotopic (exact) mass is 389 g/mol. The molecule has 0 radical (unpaired) electrons. The predicted octanol–water partition coefficient (Wildman–Crippen LogP) is 1.64. The number of urea groups is 1. The molecule has 1 aromatic heterocycles. The maximum atomic E-state index is 12.5. The molecule has 9 nitrogen and oxygen atoms in total. The van der Waals surface area contributed by atoms with E-state index in [0.29, 0.717) is 36.9 Å². The molecule has 1 aromatic carbocycles. The molecule has 0 spiro atoms. The number of esters is 1. The second-order valence-corrected chi connectivity index (χ2v) is 6.67. The van der Waals surface area contributed by atoms with Crippen LogP contribution in [0.2, 0.25) is 0 Å². The van der Waals surface area contributed by atoms with Crippen molar-refractivity contribution in [1.29, 1.82) is 0 Å². The molecule has 150 valence electrons. The number of nitrogens with zero attached hydrogens (tertiary/aromatic N) is 2. The highest BCUT2D eigenvalue weighted by Gasteiger charge is 2.49. The highest BCUT2D eigenvalue weighted by molar-refractivity contribution is 6.08. The van der Waals surface area contributed by atoms with Gasteiger partial charge >= 0.3 is 17.8 Å². The van der Waals surface area contributed by atoms with Crippen LogP contribution in [-0.4, -0.2) is 46.1 Å². The minimum absolute atomic E-state index is 0.0567. The van der Waals surface area contributed by atoms with Crippen molar-refractivity contribution in [1.82, 2.24) is 14.8 Å². The second kappa shape index (κ2) is 7.87. The number of nitrogens with one attached hydrogen (secondary N) is 1. The molecule has 1 aliphatic rings. The number of para-hydroxylation sites is 2. The van der Waals surface area contributed by atoms with Crippen LogP contribution in [0.1, 0.15) is 33.1 Å². The number of amides is 3. The normalized spacial score (nSPS) is 15.9. The van der Waals surface area contributed by atoms with E-state index < -0.39 is 35.7 Å². The van der Waals surface area contributed by atoms with Gasteiger partial charge in [-0.05, 0) is 31.4 Å². The number of oxazole rings is 1. The summed E-state index contributed by atoms with van der Waals surface area (Å²) in [7, 11) is 0. The number of fused-ring (bicyclic) bond motifs is 1. The average Bonchev–Trinajstić information content (AvgIpc) is 3.13. The molecule has 0 atom stereocenters. The van der Waals surface area contributed by atoms with Crippen LogP contribution in [0.15, 0.2) is 33.5 Å². The van der Waals surface area contributed by atoms with E-state index in [1.807, 2.05) is 13.8 Å². The molecule has 0 saturated carbocycles. The first kappa shape index (κ1) is 19.7. The Morgan fingerprint density at radius 3 is 2.57 bits per heavy atom. The van der Waals surface area contributed by atoms with Crippen LogP contribution in [0, 0.1) is 0 Å². The molecule has 28 heavy (non-hydrogen) atoms. The first-order valence-corrected chi connectivity index (χ1v) is 9.30. The Balaban J connectivity index is 1.51. The van der Waals surface area contributed by atoms with Crippen LogP contribution in [0.5, 0.6) is 0 Å². The first-order chi connectivity index (χ1) is 13.4. The SMILES string of the molecule is CCC1(CC)NC(=O)N(CC(=O)OCCCn2c(=O)oc3ccccc32)C1=O. The number of carbonyl (C=O) groups is 3. The standard InChI is InChI=1S/C19H23N3O6/c1-3-19(4-2)16(24)22(17(25)20-19)12-15(23)27-11-7-10-21-13-8-5-6-9-14(13)28-18(21)26/h5-6,8-9H,3-4,7,10-12H2,1-2H3,(H,20,25). The van der Waals surface area contributed by atoms with Crippen LogP contribution < -0.4 is 11.1 Å². The Kier molecular flexibility index (Phi) is 5.53. The third-order valence-electron chi connectivity index (χ3n) is 5.10. The molecular formula is C19H23N3O6. The number of imide groups is 1. The molecular weight excluding hydrogens is 366 g/mol. The number of ether oxygens (including phenoxy) is 1. The van der Waals surface area contributed by atoms with Gasteiger partial charge in [-0.3, -0.25) is 19.1 Å². The van der Waals surface area contributed by atoms with Crippen molar-refractivity contribution in [3.05, 3.63) is 34.8 Å². The van der Waals surface area contributed by atoms with E-state index in [1.54, 1.807) is 24.3 Å². The smallest absolute Gasteiger partial charge is 0.419 e. The lowest BCUT2D eigenvalue weighted by molar-refractivity contribution is -0.148. The van der Waals surface area contributed by atoms with E-state index in [1.165, 1.54) is 4.57 Å². The highest BCUT2D eigenvalue weighted by atomic mass is 16.5. The molecule has 3 amide bonds. The second-order valence-electron chi connectivity index (χ2n) is 6.67. The van der Waals surface area contributed by atoms with Crippen molar-refractivity contribution in [3.8, 4) is 0 Å². The van der Waals surface area contributed by atoms with Crippen molar-refractivity contribution >= 4 is 29.0 Å². The zero-order valence-electron chi connectivity index (χ0n) is 15.9. The third kappa shape index (κ3) is 3.51. The van der Waals surface area contributed by atoms with Gasteiger partial charge in [0.1, 0.15) is 12.1 Å². The van der Waals surface area contributed by atoms with Crippen molar-refractivity contribution in [2.75, 3.05) is 13.2 Å². The number of carbonyl (C=O) groups excluding carboxylic acids is 3. The van der Waals surface area contributed by atoms with Crippen molar-refractivity contribution < 1.29 is 23.5 Å². The lowest BCUT2D eigenvalue weighted by atomic mass is 9.93. The Labute approximate surface area is 161 Å². The molecule has 1 fully saturated rings. The molecule has 0 unspecified atom stereocenters. The largest absolute Gasteiger partial charge is 0.464 e. The summed E-state index contributed by atoms with van der Waals surface area (Å²) >= 11 is 0. The van der Waals surface area contributed by atoms with E-state index >= 15 is 0 Å². The fraction of sp³-hybridized carbons (Fsp3) is 0.474. The van der Waals surface area contributed by atoms with Crippen LogP contribution in [0.3, 0.4) is 0 Å². The summed E-state index contributed by atoms with van der Waals surface area (Å²) in [5.41, 5.74) is 0.230. The molecule has 1 saturated heterocycles. The van der Waals surface area contributed by atoms with Crippen molar-refractivity contribution in [3.63, 3.8) is 0 Å². The minimum atomic E-state index is -0.944. The van der Waals surface area contributed by atoms with Crippen molar-refractivity contribution in [2.45, 2.75) is 45.2 Å². The summed E-state index contributed by atoms with van der Waals surface area (Å²) in [5, 5.41) is 2.66. The number of aromatic nitrogens is 1. The number of hydrogen-bond donors (Lipinski definition) is 1. The summed E-state index contributed by atoms with van der Waals surface area (Å²) < 4.78 is 11.7. The third-order valence-corrected chi connectivity index (χ3v) is 5.10. The summed E-state index contributed by atoms with van der Waals surface area (Å²) in [4.78, 5) is 49.3. The molecule has 1 aliphatic heterocycles. The van der Waals surface area contributed by atoms with Crippen molar-refractivity contribution in [2.24, 2.45) is 0 Å². The van der Waals surface area contributed by atoms with Gasteiger partial charge in [-0.15, -0.1) is 0 Å². The maximum Gasteiger partial charge on any atom is 0.419 e. The van der Waals surface area contributed by atoms with Gasteiger partial charge in [0.05, 0.1) is 12.1 Å². The van der Waals surface area contributed by atoms with E-state index in [0.717, 1.165) is 4.90 Å². The van der Waals surface area contributed by atoms with Gasteiger partial charge in [0.25, 0.3) is 5.91 Å². The summed E-state index contributed by atoms with van der Waals surface area (Å²) in [6, 6.07) is 6.48. The quantitative estimate of drug-likeness (QED) is 0.417. The number of benzene rings is 1. The maximum absolute atomic E-state index is 12.5. The molecule has 2 aromatic rings. The van der Waals surface area contributed by atoms with Crippen LogP contribution in [0.4, 0.5) is 4.79 Å². The zero-order valence-corrected chi connectivity index (χ0v) is 15.9. The Bertz CT molecular complexity index is 956. The molecule has 3 rings (SSSR count). The molecule has 2 heterocycles. The first-order valence-electron chi connectivity index (χ1n) is 9.30. The zero-order chi connectivity index (χ0) is 20.3. The molecule has 0 aliphatic carbocycles. The summed E-state index contributed by atoms with van der Waals surface area (Å²) in [6.45, 7) is 3.57.